The van der Waals surface area contributed by atoms with Crippen LogP contribution in [0.2, 0.25) is 0 Å². The maximum absolute atomic E-state index is 13.9. The molecule has 2 amide bonds. The molecule has 0 saturated carbocycles. The number of rotatable bonds is 15. The molecule has 0 fully saturated rings. The minimum Gasteiger partial charge on any atom is -0.496 e. The van der Waals surface area contributed by atoms with Gasteiger partial charge in [-0.3, -0.25) is 4.79 Å². The van der Waals surface area contributed by atoms with Gasteiger partial charge in [0.05, 0.1) is 13.0 Å². The first kappa shape index (κ1) is 33.8. The fourth-order valence-electron chi connectivity index (χ4n) is 5.73. The summed E-state index contributed by atoms with van der Waals surface area (Å²) in [5.41, 5.74) is 4.29. The summed E-state index contributed by atoms with van der Waals surface area (Å²) in [6.07, 6.45) is 0.878. The van der Waals surface area contributed by atoms with Gasteiger partial charge in [-0.25, -0.2) is 9.59 Å². The third kappa shape index (κ3) is 8.97. The van der Waals surface area contributed by atoms with Crippen LogP contribution in [0.1, 0.15) is 42.9 Å². The zero-order valence-corrected chi connectivity index (χ0v) is 26.5. The quantitative estimate of drug-likeness (QED) is 0.132. The second kappa shape index (κ2) is 16.3. The average molecular weight is 623 g/mol. The Morgan fingerprint density at radius 3 is 1.91 bits per heavy atom. The maximum Gasteiger partial charge on any atom is 0.327 e. The van der Waals surface area contributed by atoms with Crippen molar-refractivity contribution in [1.82, 2.24) is 10.2 Å². The summed E-state index contributed by atoms with van der Waals surface area (Å²) in [7, 11) is 1.52. The van der Waals surface area contributed by atoms with Crippen LogP contribution in [-0.2, 0) is 16.0 Å². The van der Waals surface area contributed by atoms with E-state index in [1.165, 1.54) is 12.0 Å². The van der Waals surface area contributed by atoms with Gasteiger partial charge in [-0.05, 0) is 47.1 Å². The van der Waals surface area contributed by atoms with Crippen molar-refractivity contribution in [2.24, 2.45) is 11.8 Å². The lowest BCUT2D eigenvalue weighted by atomic mass is 9.83. The van der Waals surface area contributed by atoms with E-state index in [-0.39, 0.29) is 19.0 Å². The molecule has 0 aliphatic heterocycles. The number of urea groups is 1. The molecule has 0 aromatic heterocycles. The first-order chi connectivity index (χ1) is 22.2. The summed E-state index contributed by atoms with van der Waals surface area (Å²) in [5, 5.41) is 23.4. The minimum atomic E-state index is -1.38. The lowest BCUT2D eigenvalue weighted by molar-refractivity contribution is -0.143. The van der Waals surface area contributed by atoms with Crippen LogP contribution in [0.25, 0.3) is 11.1 Å². The first-order valence-corrected chi connectivity index (χ1v) is 15.5. The Bertz CT molecular complexity index is 1570. The number of para-hydroxylation sites is 1. The molecule has 0 bridgehead atoms. The number of nitrogens with zero attached hydrogens (tertiary/aromatic N) is 1. The number of carbonyl (C=O) groups is 3. The number of amides is 2. The van der Waals surface area contributed by atoms with Crippen molar-refractivity contribution in [3.8, 4) is 16.9 Å². The second-order valence-corrected chi connectivity index (χ2v) is 11.8. The van der Waals surface area contributed by atoms with Gasteiger partial charge in [0, 0.05) is 24.6 Å². The van der Waals surface area contributed by atoms with E-state index in [1.807, 2.05) is 98.8 Å². The molecule has 0 radical (unpaired) electrons. The van der Waals surface area contributed by atoms with Crippen molar-refractivity contribution >= 4 is 18.0 Å². The molecule has 240 valence electrons. The van der Waals surface area contributed by atoms with E-state index in [9.17, 15) is 24.6 Å². The Hall–Kier alpha value is -5.11. The normalized spacial score (nSPS) is 13.0. The molecule has 0 spiro atoms. The molecule has 4 aromatic carbocycles. The highest BCUT2D eigenvalue weighted by atomic mass is 16.5. The van der Waals surface area contributed by atoms with Crippen molar-refractivity contribution in [1.29, 1.82) is 0 Å². The number of aliphatic carboxylic acids is 2. The molecule has 0 aliphatic carbocycles. The molecule has 0 heterocycles. The molecule has 1 unspecified atom stereocenters. The van der Waals surface area contributed by atoms with Gasteiger partial charge >= 0.3 is 18.0 Å². The van der Waals surface area contributed by atoms with Crippen LogP contribution in [0.3, 0.4) is 0 Å². The van der Waals surface area contributed by atoms with Gasteiger partial charge in [-0.1, -0.05) is 117 Å². The van der Waals surface area contributed by atoms with Crippen LogP contribution in [-0.4, -0.2) is 59.3 Å². The zero-order valence-electron chi connectivity index (χ0n) is 26.5. The number of methoxy groups -OCH3 is 1. The monoisotopic (exact) mass is 622 g/mol. The molecule has 8 nitrogen and oxygen atoms in total. The van der Waals surface area contributed by atoms with Gasteiger partial charge in [-0.15, -0.1) is 0 Å². The number of hydrogen-bond donors (Lipinski definition) is 3. The molecular weight excluding hydrogens is 580 g/mol. The predicted octanol–water partition coefficient (Wildman–Crippen LogP) is 6.95. The highest BCUT2D eigenvalue weighted by molar-refractivity contribution is 5.85. The van der Waals surface area contributed by atoms with Crippen LogP contribution < -0.4 is 10.1 Å². The summed E-state index contributed by atoms with van der Waals surface area (Å²) in [4.78, 5) is 40.6. The van der Waals surface area contributed by atoms with E-state index < -0.39 is 35.8 Å². The maximum atomic E-state index is 13.9. The van der Waals surface area contributed by atoms with Crippen molar-refractivity contribution < 1.29 is 29.3 Å². The smallest absolute Gasteiger partial charge is 0.327 e. The third-order valence-corrected chi connectivity index (χ3v) is 8.02. The van der Waals surface area contributed by atoms with Crippen LogP contribution in [0.5, 0.6) is 5.75 Å². The zero-order chi connectivity index (χ0) is 33.1. The highest BCUT2D eigenvalue weighted by Gasteiger charge is 2.36. The number of carboxylic acids is 2. The number of nitrogens with one attached hydrogen (secondary N) is 1. The van der Waals surface area contributed by atoms with E-state index in [4.69, 9.17) is 4.74 Å². The van der Waals surface area contributed by atoms with Gasteiger partial charge in [-0.2, -0.15) is 0 Å². The van der Waals surface area contributed by atoms with Crippen molar-refractivity contribution in [3.63, 3.8) is 0 Å². The van der Waals surface area contributed by atoms with Gasteiger partial charge in [0.15, 0.2) is 0 Å². The molecule has 0 aliphatic rings. The van der Waals surface area contributed by atoms with Gasteiger partial charge in [0.1, 0.15) is 11.8 Å². The Morgan fingerprint density at radius 2 is 1.33 bits per heavy atom. The standard InChI is InChI=1S/C38H42N2O6/c1-26(2)24-40(25-31(36(41)42)19-18-27-12-6-4-7-13-27)38(45)39-35(37(43)44)34(32-16-10-11-17-33(32)46-3)30-22-20-29(21-23-30)28-14-8-5-9-15-28/h4-17,20-23,26,31,34-35H,18-19,24-25H2,1-3H3,(H,39,45)(H,41,42)(H,43,44)/t31-,34?,35-/m0/s1. The molecule has 8 heteroatoms. The van der Waals surface area contributed by atoms with Gasteiger partial charge in [0.2, 0.25) is 0 Å². The molecule has 0 saturated heterocycles. The van der Waals surface area contributed by atoms with E-state index in [0.717, 1.165) is 16.7 Å². The van der Waals surface area contributed by atoms with E-state index in [0.29, 0.717) is 29.7 Å². The van der Waals surface area contributed by atoms with Crippen molar-refractivity contribution in [2.45, 2.75) is 38.6 Å². The van der Waals surface area contributed by atoms with E-state index in [1.54, 1.807) is 24.3 Å². The highest BCUT2D eigenvalue weighted by Crippen LogP contribution is 2.36. The number of hydrogen-bond acceptors (Lipinski definition) is 4. The van der Waals surface area contributed by atoms with Crippen LogP contribution in [0, 0.1) is 11.8 Å². The second-order valence-electron chi connectivity index (χ2n) is 11.8. The summed E-state index contributed by atoms with van der Waals surface area (Å²) in [6.45, 7) is 4.07. The largest absolute Gasteiger partial charge is 0.496 e. The third-order valence-electron chi connectivity index (χ3n) is 8.02. The van der Waals surface area contributed by atoms with Crippen LogP contribution >= 0.6 is 0 Å². The first-order valence-electron chi connectivity index (χ1n) is 15.5. The van der Waals surface area contributed by atoms with Crippen molar-refractivity contribution in [3.05, 3.63) is 126 Å². The fourth-order valence-corrected chi connectivity index (χ4v) is 5.73. The van der Waals surface area contributed by atoms with Crippen molar-refractivity contribution in [2.75, 3.05) is 20.2 Å². The van der Waals surface area contributed by atoms with Crippen LogP contribution in [0.4, 0.5) is 4.79 Å². The number of carboxylic acid groups (broad SMARTS) is 2. The lowest BCUT2D eigenvalue weighted by Crippen LogP contribution is -2.52. The number of ether oxygens (including phenoxy) is 1. The van der Waals surface area contributed by atoms with Crippen LogP contribution in [0.15, 0.2) is 109 Å². The topological polar surface area (TPSA) is 116 Å². The summed E-state index contributed by atoms with van der Waals surface area (Å²) in [6, 6.07) is 32.2. The SMILES string of the molecule is COc1ccccc1C(c1ccc(-c2ccccc2)cc1)[C@H](NC(=O)N(CC(C)C)C[C@H](CCc1ccccc1)C(=O)O)C(=O)O. The molecule has 3 atom stereocenters. The van der Waals surface area contributed by atoms with E-state index >= 15 is 0 Å². The van der Waals surface area contributed by atoms with Gasteiger partial charge in [0.25, 0.3) is 0 Å². The fraction of sp³-hybridized carbons (Fsp3) is 0.289. The Morgan fingerprint density at radius 1 is 0.739 bits per heavy atom. The average Bonchev–Trinajstić information content (AvgIpc) is 3.06. The molecular formula is C38H42N2O6. The predicted molar refractivity (Wildman–Crippen MR) is 179 cm³/mol. The molecule has 46 heavy (non-hydrogen) atoms. The Balaban J connectivity index is 1.65. The molecule has 4 aromatic rings. The van der Waals surface area contributed by atoms with Gasteiger partial charge < -0.3 is 25.2 Å². The Kier molecular flexibility index (Phi) is 11.9. The summed E-state index contributed by atoms with van der Waals surface area (Å²) in [5.74, 6) is -3.35. The summed E-state index contributed by atoms with van der Waals surface area (Å²) >= 11 is 0. The number of benzene rings is 4. The molecule has 3 N–H and O–H groups in total. The number of aryl methyl sites for hydroxylation is 1. The lowest BCUT2D eigenvalue weighted by Gasteiger charge is -2.32. The van der Waals surface area contributed by atoms with E-state index in [2.05, 4.69) is 5.32 Å². The molecule has 4 rings (SSSR count). The summed E-state index contributed by atoms with van der Waals surface area (Å²) < 4.78 is 5.64. The number of carbonyl (C=O) groups excluding carboxylic acids is 1. The minimum absolute atomic E-state index is 0.0214. The Labute approximate surface area is 270 Å².